The lowest BCUT2D eigenvalue weighted by Crippen LogP contribution is -2.08. The van der Waals surface area contributed by atoms with Gasteiger partial charge in [0.15, 0.2) is 0 Å². The molecule has 0 saturated heterocycles. The summed E-state index contributed by atoms with van der Waals surface area (Å²) in [7, 11) is 3.64. The van der Waals surface area contributed by atoms with E-state index in [-0.39, 0.29) is 0 Å². The zero-order valence-corrected chi connectivity index (χ0v) is 11.7. The molecule has 0 aliphatic rings. The zero-order valence-electron chi connectivity index (χ0n) is 11.7. The van der Waals surface area contributed by atoms with Crippen molar-refractivity contribution in [1.82, 2.24) is 10.3 Å². The molecule has 0 aromatic carbocycles. The number of aromatic nitrogens is 1. The average molecular weight is 252 g/mol. The Morgan fingerprint density at radius 1 is 1.28 bits per heavy atom. The van der Waals surface area contributed by atoms with Gasteiger partial charge in [-0.15, -0.1) is 0 Å². The summed E-state index contributed by atoms with van der Waals surface area (Å²) in [6, 6.07) is 4.14. The maximum absolute atomic E-state index is 5.66. The molecule has 0 aliphatic heterocycles. The molecule has 1 N–H and O–H groups in total. The fourth-order valence-corrected chi connectivity index (χ4v) is 1.76. The van der Waals surface area contributed by atoms with E-state index >= 15 is 0 Å². The lowest BCUT2D eigenvalue weighted by Gasteiger charge is -2.09. The van der Waals surface area contributed by atoms with E-state index in [1.54, 1.807) is 7.11 Å². The van der Waals surface area contributed by atoms with Crippen molar-refractivity contribution < 1.29 is 9.47 Å². The Balaban J connectivity index is 2.63. The molecule has 1 rings (SSSR count). The third-order valence-electron chi connectivity index (χ3n) is 2.54. The average Bonchev–Trinajstić information content (AvgIpc) is 2.35. The molecular weight excluding hydrogens is 228 g/mol. The van der Waals surface area contributed by atoms with E-state index in [1.807, 2.05) is 13.1 Å². The lowest BCUT2D eigenvalue weighted by atomic mass is 10.1. The molecular formula is C14H24N2O2. The van der Waals surface area contributed by atoms with Crippen LogP contribution >= 0.6 is 0 Å². The molecule has 0 aliphatic carbocycles. The molecule has 4 nitrogen and oxygen atoms in total. The van der Waals surface area contributed by atoms with Crippen molar-refractivity contribution in [3.05, 3.63) is 23.4 Å². The summed E-state index contributed by atoms with van der Waals surface area (Å²) in [5.41, 5.74) is 2.32. The van der Waals surface area contributed by atoms with Crippen LogP contribution in [0, 0.1) is 0 Å². The summed E-state index contributed by atoms with van der Waals surface area (Å²) in [6.07, 6.45) is 2.97. The summed E-state index contributed by atoms with van der Waals surface area (Å²) < 4.78 is 10.7. The third-order valence-corrected chi connectivity index (χ3v) is 2.54. The van der Waals surface area contributed by atoms with Crippen molar-refractivity contribution in [2.75, 3.05) is 27.4 Å². The van der Waals surface area contributed by atoms with Gasteiger partial charge in [0.05, 0.1) is 6.61 Å². The smallest absolute Gasteiger partial charge is 0.213 e. The molecule has 0 unspecified atom stereocenters. The van der Waals surface area contributed by atoms with Crippen molar-refractivity contribution in [2.24, 2.45) is 0 Å². The van der Waals surface area contributed by atoms with Gasteiger partial charge in [-0.05, 0) is 25.1 Å². The molecule has 0 radical (unpaired) electrons. The number of methoxy groups -OCH3 is 1. The van der Waals surface area contributed by atoms with Crippen molar-refractivity contribution in [3.63, 3.8) is 0 Å². The molecule has 0 fully saturated rings. The van der Waals surface area contributed by atoms with Crippen LogP contribution in [0.25, 0.3) is 0 Å². The second-order valence-corrected chi connectivity index (χ2v) is 4.28. The highest BCUT2D eigenvalue weighted by Gasteiger charge is 2.03. The van der Waals surface area contributed by atoms with Crippen molar-refractivity contribution in [3.8, 4) is 5.88 Å². The number of nitrogens with zero attached hydrogens (tertiary/aromatic N) is 1. The van der Waals surface area contributed by atoms with Crippen LogP contribution in [-0.4, -0.2) is 32.4 Å². The van der Waals surface area contributed by atoms with Crippen LogP contribution in [0.5, 0.6) is 5.88 Å². The molecule has 102 valence electrons. The first kappa shape index (κ1) is 14.9. The van der Waals surface area contributed by atoms with Crippen LogP contribution in [0.2, 0.25) is 0 Å². The molecule has 0 saturated carbocycles. The molecule has 1 aromatic rings. The number of nitrogens with one attached hydrogen (secondary N) is 1. The number of pyridine rings is 1. The Morgan fingerprint density at radius 2 is 2.11 bits per heavy atom. The van der Waals surface area contributed by atoms with Gasteiger partial charge in [0.1, 0.15) is 0 Å². The normalized spacial score (nSPS) is 10.6. The predicted octanol–water partition coefficient (Wildman–Crippen LogP) is 2.17. The van der Waals surface area contributed by atoms with Crippen LogP contribution in [-0.2, 0) is 17.7 Å². The minimum atomic E-state index is 0.648. The van der Waals surface area contributed by atoms with Gasteiger partial charge in [0.2, 0.25) is 5.88 Å². The van der Waals surface area contributed by atoms with Gasteiger partial charge in [0.25, 0.3) is 0 Å². The molecule has 1 aromatic heterocycles. The monoisotopic (exact) mass is 252 g/mol. The maximum Gasteiger partial charge on any atom is 0.213 e. The van der Waals surface area contributed by atoms with Crippen LogP contribution in [0.4, 0.5) is 0 Å². The van der Waals surface area contributed by atoms with E-state index in [2.05, 4.69) is 23.3 Å². The van der Waals surface area contributed by atoms with E-state index in [4.69, 9.17) is 9.47 Å². The minimum absolute atomic E-state index is 0.648. The second-order valence-electron chi connectivity index (χ2n) is 4.28. The fourth-order valence-electron chi connectivity index (χ4n) is 1.76. The first-order valence-electron chi connectivity index (χ1n) is 6.56. The van der Waals surface area contributed by atoms with Crippen LogP contribution in [0.1, 0.15) is 31.0 Å². The zero-order chi connectivity index (χ0) is 13.2. The third kappa shape index (κ3) is 5.47. The molecule has 4 heteroatoms. The Bertz CT molecular complexity index is 318. The standard InChI is InChI=1S/C14H24N2O2/c1-4-6-13-9-12(11-15-2)10-14(16-13)18-8-5-7-17-3/h9-10,15H,4-8,11H2,1-3H3. The lowest BCUT2D eigenvalue weighted by molar-refractivity contribution is 0.170. The van der Waals surface area contributed by atoms with E-state index in [9.17, 15) is 0 Å². The quantitative estimate of drug-likeness (QED) is 0.684. The van der Waals surface area contributed by atoms with Crippen molar-refractivity contribution >= 4 is 0 Å². The molecule has 0 atom stereocenters. The Morgan fingerprint density at radius 3 is 2.78 bits per heavy atom. The molecule has 0 bridgehead atoms. The molecule has 18 heavy (non-hydrogen) atoms. The van der Waals surface area contributed by atoms with Crippen molar-refractivity contribution in [1.29, 1.82) is 0 Å². The van der Waals surface area contributed by atoms with Gasteiger partial charge >= 0.3 is 0 Å². The number of ether oxygens (including phenoxy) is 2. The first-order valence-corrected chi connectivity index (χ1v) is 6.56. The SMILES string of the molecule is CCCc1cc(CNC)cc(OCCCOC)n1. The number of hydrogen-bond acceptors (Lipinski definition) is 4. The second kappa shape index (κ2) is 8.89. The van der Waals surface area contributed by atoms with Gasteiger partial charge in [-0.2, -0.15) is 0 Å². The van der Waals surface area contributed by atoms with Crippen LogP contribution in [0.3, 0.4) is 0 Å². The van der Waals surface area contributed by atoms with Crippen LogP contribution in [0.15, 0.2) is 12.1 Å². The molecule has 0 spiro atoms. The summed E-state index contributed by atoms with van der Waals surface area (Å²) >= 11 is 0. The van der Waals surface area contributed by atoms with Gasteiger partial charge in [-0.3, -0.25) is 0 Å². The van der Waals surface area contributed by atoms with E-state index in [0.29, 0.717) is 6.61 Å². The van der Waals surface area contributed by atoms with E-state index < -0.39 is 0 Å². The van der Waals surface area contributed by atoms with Gasteiger partial charge in [-0.1, -0.05) is 13.3 Å². The first-order chi connectivity index (χ1) is 8.80. The summed E-state index contributed by atoms with van der Waals surface area (Å²) in [5, 5.41) is 3.15. The van der Waals surface area contributed by atoms with E-state index in [1.165, 1.54) is 5.56 Å². The summed E-state index contributed by atoms with van der Waals surface area (Å²) in [6.45, 7) is 4.37. The minimum Gasteiger partial charge on any atom is -0.478 e. The van der Waals surface area contributed by atoms with Gasteiger partial charge in [0, 0.05) is 38.4 Å². The summed E-state index contributed by atoms with van der Waals surface area (Å²) in [4.78, 5) is 4.51. The highest BCUT2D eigenvalue weighted by molar-refractivity contribution is 5.25. The highest BCUT2D eigenvalue weighted by atomic mass is 16.5. The predicted molar refractivity (Wildman–Crippen MR) is 73.0 cm³/mol. The number of aryl methyl sites for hydroxylation is 1. The van der Waals surface area contributed by atoms with Gasteiger partial charge < -0.3 is 14.8 Å². The molecule has 1 heterocycles. The van der Waals surface area contributed by atoms with Gasteiger partial charge in [-0.25, -0.2) is 4.98 Å². The number of hydrogen-bond donors (Lipinski definition) is 1. The largest absolute Gasteiger partial charge is 0.478 e. The highest BCUT2D eigenvalue weighted by Crippen LogP contribution is 2.14. The van der Waals surface area contributed by atoms with Crippen molar-refractivity contribution in [2.45, 2.75) is 32.7 Å². The van der Waals surface area contributed by atoms with Crippen LogP contribution < -0.4 is 10.1 Å². The maximum atomic E-state index is 5.66. The van der Waals surface area contributed by atoms with E-state index in [0.717, 1.165) is 44.0 Å². The Labute approximate surface area is 110 Å². The topological polar surface area (TPSA) is 43.4 Å². The summed E-state index contributed by atoms with van der Waals surface area (Å²) in [5.74, 6) is 0.724. The molecule has 0 amide bonds. The Hall–Kier alpha value is -1.13. The fraction of sp³-hybridized carbons (Fsp3) is 0.643. The Kier molecular flexibility index (Phi) is 7.37. The number of rotatable bonds is 9.